The summed E-state index contributed by atoms with van der Waals surface area (Å²) in [5, 5.41) is 4.64. The third kappa shape index (κ3) is 2.94. The quantitative estimate of drug-likeness (QED) is 0.705. The van der Waals surface area contributed by atoms with E-state index in [-0.39, 0.29) is 11.8 Å². The van der Waals surface area contributed by atoms with Crippen LogP contribution in [0.1, 0.15) is 13.3 Å². The van der Waals surface area contributed by atoms with Gasteiger partial charge in [0.1, 0.15) is 11.6 Å². The van der Waals surface area contributed by atoms with Gasteiger partial charge in [0.25, 0.3) is 0 Å². The molecule has 1 aromatic carbocycles. The molecule has 6 heteroatoms. The summed E-state index contributed by atoms with van der Waals surface area (Å²) in [5.74, 6) is 1.85. The molecule has 1 saturated carbocycles. The first kappa shape index (κ1) is 16.3. The molecule has 1 fully saturated rings. The molecule has 2 aromatic heterocycles. The fourth-order valence-electron chi connectivity index (χ4n) is 3.19. The molecule has 26 heavy (non-hydrogen) atoms. The van der Waals surface area contributed by atoms with E-state index < -0.39 is 0 Å². The summed E-state index contributed by atoms with van der Waals surface area (Å²) in [5.41, 5.74) is 8.60. The van der Waals surface area contributed by atoms with Gasteiger partial charge in [-0.3, -0.25) is 9.78 Å². The minimum absolute atomic E-state index is 0.0300. The number of nitrogens with one attached hydrogen (secondary N) is 1. The van der Waals surface area contributed by atoms with Crippen LogP contribution in [-0.2, 0) is 4.79 Å². The summed E-state index contributed by atoms with van der Waals surface area (Å²) >= 11 is 0. The van der Waals surface area contributed by atoms with Crippen LogP contribution in [0.3, 0.4) is 0 Å². The maximum absolute atomic E-state index is 12.2. The van der Waals surface area contributed by atoms with E-state index in [4.69, 9.17) is 10.5 Å². The highest BCUT2D eigenvalue weighted by molar-refractivity contribution is 6.00. The lowest BCUT2D eigenvalue weighted by Gasteiger charge is -2.11. The molecule has 3 aromatic rings. The first-order chi connectivity index (χ1) is 12.6. The summed E-state index contributed by atoms with van der Waals surface area (Å²) < 4.78 is 5.42. The zero-order chi connectivity index (χ0) is 18.3. The van der Waals surface area contributed by atoms with Gasteiger partial charge in [0, 0.05) is 41.1 Å². The van der Waals surface area contributed by atoms with Gasteiger partial charge in [0.2, 0.25) is 5.91 Å². The number of benzene rings is 1. The Labute approximate surface area is 151 Å². The Morgan fingerprint density at radius 2 is 2.12 bits per heavy atom. The van der Waals surface area contributed by atoms with Crippen molar-refractivity contribution in [3.63, 3.8) is 0 Å². The van der Waals surface area contributed by atoms with Gasteiger partial charge >= 0.3 is 0 Å². The molecule has 0 spiro atoms. The molecule has 1 aliphatic rings. The number of aromatic nitrogens is 2. The van der Waals surface area contributed by atoms with E-state index in [9.17, 15) is 4.79 Å². The highest BCUT2D eigenvalue weighted by Gasteiger charge is 2.39. The minimum Gasteiger partial charge on any atom is -0.496 e. The number of nitrogens with zero attached hydrogens (tertiary/aromatic N) is 2. The van der Waals surface area contributed by atoms with Gasteiger partial charge in [-0.05, 0) is 47.6 Å². The number of ether oxygens (including phenoxy) is 1. The molecule has 2 atom stereocenters. The topological polar surface area (TPSA) is 90.1 Å². The minimum atomic E-state index is 0.0300. The normalized spacial score (nSPS) is 18.5. The van der Waals surface area contributed by atoms with E-state index in [1.54, 1.807) is 25.7 Å². The van der Waals surface area contributed by atoms with Crippen molar-refractivity contribution < 1.29 is 9.53 Å². The second-order valence-electron chi connectivity index (χ2n) is 6.74. The number of anilines is 2. The summed E-state index contributed by atoms with van der Waals surface area (Å²) in [6.07, 6.45) is 6.07. The average Bonchev–Trinajstić information content (AvgIpc) is 3.38. The van der Waals surface area contributed by atoms with Crippen molar-refractivity contribution in [2.75, 3.05) is 18.2 Å². The Bertz CT molecular complexity index is 1000. The lowest BCUT2D eigenvalue weighted by molar-refractivity contribution is -0.117. The van der Waals surface area contributed by atoms with Gasteiger partial charge in [0.05, 0.1) is 7.11 Å². The van der Waals surface area contributed by atoms with Gasteiger partial charge in [0.15, 0.2) is 0 Å². The highest BCUT2D eigenvalue weighted by atomic mass is 16.5. The summed E-state index contributed by atoms with van der Waals surface area (Å²) in [6, 6.07) is 7.55. The van der Waals surface area contributed by atoms with Crippen molar-refractivity contribution in [1.29, 1.82) is 0 Å². The number of nitrogen functional groups attached to an aromatic ring is 1. The van der Waals surface area contributed by atoms with E-state index in [0.29, 0.717) is 17.4 Å². The fourth-order valence-corrected chi connectivity index (χ4v) is 3.19. The van der Waals surface area contributed by atoms with Crippen LogP contribution >= 0.6 is 0 Å². The fraction of sp³-hybridized carbons (Fsp3) is 0.250. The molecule has 0 aliphatic heterocycles. The number of carbonyl (C=O) groups is 1. The number of hydrogen-bond donors (Lipinski definition) is 2. The van der Waals surface area contributed by atoms with Crippen LogP contribution in [0, 0.1) is 11.8 Å². The predicted octanol–water partition coefficient (Wildman–Crippen LogP) is 3.48. The van der Waals surface area contributed by atoms with Crippen molar-refractivity contribution in [2.24, 2.45) is 11.8 Å². The van der Waals surface area contributed by atoms with Gasteiger partial charge in [-0.25, -0.2) is 4.98 Å². The molecule has 1 aliphatic carbocycles. The third-order valence-electron chi connectivity index (χ3n) is 4.88. The van der Waals surface area contributed by atoms with Gasteiger partial charge < -0.3 is 15.8 Å². The Kier molecular flexibility index (Phi) is 3.95. The summed E-state index contributed by atoms with van der Waals surface area (Å²) in [6.45, 7) is 2.08. The second-order valence-corrected chi connectivity index (χ2v) is 6.74. The zero-order valence-corrected chi connectivity index (χ0v) is 14.7. The van der Waals surface area contributed by atoms with Crippen LogP contribution in [0.4, 0.5) is 11.5 Å². The van der Waals surface area contributed by atoms with Crippen LogP contribution in [-0.4, -0.2) is 23.0 Å². The molecule has 0 bridgehead atoms. The summed E-state index contributed by atoms with van der Waals surface area (Å²) in [7, 11) is 1.62. The van der Waals surface area contributed by atoms with E-state index in [0.717, 1.165) is 34.1 Å². The van der Waals surface area contributed by atoms with Gasteiger partial charge in [-0.2, -0.15) is 0 Å². The maximum atomic E-state index is 12.2. The molecule has 2 heterocycles. The Balaban J connectivity index is 1.73. The SMILES string of the molecule is COc1ccncc1-c1cc(N)c2cnc(NC(=O)C3CC3C)cc2c1. The second kappa shape index (κ2) is 6.29. The number of carbonyl (C=O) groups excluding carboxylic acids is 1. The molecular weight excluding hydrogens is 328 g/mol. The first-order valence-electron chi connectivity index (χ1n) is 8.55. The average molecular weight is 348 g/mol. The zero-order valence-electron chi connectivity index (χ0n) is 14.7. The number of nitrogens with two attached hydrogens (primary N) is 1. The molecular formula is C20H20N4O2. The number of amides is 1. The Morgan fingerprint density at radius 3 is 2.85 bits per heavy atom. The van der Waals surface area contributed by atoms with Crippen LogP contribution in [0.25, 0.3) is 21.9 Å². The summed E-state index contributed by atoms with van der Waals surface area (Å²) in [4.78, 5) is 20.7. The van der Waals surface area contributed by atoms with Gasteiger partial charge in [-0.1, -0.05) is 6.92 Å². The highest BCUT2D eigenvalue weighted by Crippen LogP contribution is 2.39. The molecule has 1 amide bonds. The van der Waals surface area contributed by atoms with E-state index in [1.165, 1.54) is 0 Å². The lowest BCUT2D eigenvalue weighted by atomic mass is 10.0. The number of methoxy groups -OCH3 is 1. The first-order valence-corrected chi connectivity index (χ1v) is 8.55. The molecule has 3 N–H and O–H groups in total. The van der Waals surface area contributed by atoms with Gasteiger partial charge in [-0.15, -0.1) is 0 Å². The lowest BCUT2D eigenvalue weighted by Crippen LogP contribution is -2.15. The number of rotatable bonds is 4. The Morgan fingerprint density at radius 1 is 1.31 bits per heavy atom. The molecule has 132 valence electrons. The van der Waals surface area contributed by atoms with Crippen LogP contribution in [0.2, 0.25) is 0 Å². The molecule has 2 unspecified atom stereocenters. The van der Waals surface area contributed by atoms with Crippen molar-refractivity contribution >= 4 is 28.2 Å². The molecule has 6 nitrogen and oxygen atoms in total. The van der Waals surface area contributed by atoms with E-state index in [2.05, 4.69) is 22.2 Å². The van der Waals surface area contributed by atoms with Crippen molar-refractivity contribution in [1.82, 2.24) is 9.97 Å². The van der Waals surface area contributed by atoms with Crippen molar-refractivity contribution in [2.45, 2.75) is 13.3 Å². The largest absolute Gasteiger partial charge is 0.496 e. The number of pyridine rings is 2. The predicted molar refractivity (Wildman–Crippen MR) is 102 cm³/mol. The number of hydrogen-bond acceptors (Lipinski definition) is 5. The van der Waals surface area contributed by atoms with Crippen molar-refractivity contribution in [3.05, 3.63) is 42.9 Å². The molecule has 0 saturated heterocycles. The van der Waals surface area contributed by atoms with Crippen LogP contribution < -0.4 is 15.8 Å². The smallest absolute Gasteiger partial charge is 0.228 e. The van der Waals surface area contributed by atoms with Crippen molar-refractivity contribution in [3.8, 4) is 16.9 Å². The maximum Gasteiger partial charge on any atom is 0.228 e. The van der Waals surface area contributed by atoms with E-state index in [1.807, 2.05) is 24.3 Å². The molecule has 0 radical (unpaired) electrons. The monoisotopic (exact) mass is 348 g/mol. The third-order valence-corrected chi connectivity index (χ3v) is 4.88. The van der Waals surface area contributed by atoms with Crippen LogP contribution in [0.15, 0.2) is 42.9 Å². The van der Waals surface area contributed by atoms with E-state index >= 15 is 0 Å². The van der Waals surface area contributed by atoms with Crippen LogP contribution in [0.5, 0.6) is 5.75 Å². The standard InChI is InChI=1S/C20H20N4O2/c1-11-5-14(11)20(25)24-19-8-13-6-12(7-17(21)15(13)10-23-19)16-9-22-4-3-18(16)26-2/h3-4,6-11,14H,5,21H2,1-2H3,(H,23,24,25). The number of fused-ring (bicyclic) bond motifs is 1. The Hall–Kier alpha value is -3.15. The molecule has 4 rings (SSSR count).